The van der Waals surface area contributed by atoms with Crippen LogP contribution in [0.1, 0.15) is 43.0 Å². The number of nitrogens with two attached hydrogens (primary N) is 1. The van der Waals surface area contributed by atoms with Crippen molar-refractivity contribution in [1.82, 2.24) is 5.32 Å². The van der Waals surface area contributed by atoms with E-state index in [0.29, 0.717) is 31.0 Å². The lowest BCUT2D eigenvalue weighted by atomic mass is 9.80. The Balaban J connectivity index is 1.41. The van der Waals surface area contributed by atoms with Gasteiger partial charge < -0.3 is 25.8 Å². The van der Waals surface area contributed by atoms with Gasteiger partial charge in [0.2, 0.25) is 11.8 Å². The lowest BCUT2D eigenvalue weighted by Gasteiger charge is -2.42. The van der Waals surface area contributed by atoms with E-state index in [1.165, 1.54) is 6.08 Å². The minimum absolute atomic E-state index is 0.0198. The molecule has 1 aromatic carbocycles. The van der Waals surface area contributed by atoms with Gasteiger partial charge in [-0.15, -0.1) is 0 Å². The van der Waals surface area contributed by atoms with Crippen molar-refractivity contribution >= 4 is 17.5 Å². The van der Waals surface area contributed by atoms with Crippen molar-refractivity contribution in [3.8, 4) is 0 Å². The zero-order valence-corrected chi connectivity index (χ0v) is 15.6. The number of hydrogen-bond donors (Lipinski definition) is 3. The molecule has 0 bridgehead atoms. The standard InChI is InChI=1S/C20H27N3O4/c1-19(8-10-20(11-9-19)26-13-14-27-20)22-12-2-3-17(24)23-16-6-4-15(5-7-16)18(21)25/h2-7,22H,8-14H2,1H3,(H2,21,25)(H,23,24). The number of nitrogens with one attached hydrogen (secondary N) is 2. The summed E-state index contributed by atoms with van der Waals surface area (Å²) in [5, 5.41) is 6.26. The Morgan fingerprint density at radius 3 is 2.33 bits per heavy atom. The number of amides is 2. The van der Waals surface area contributed by atoms with Crippen LogP contribution in [0.25, 0.3) is 0 Å². The van der Waals surface area contributed by atoms with Crippen molar-refractivity contribution in [2.24, 2.45) is 5.73 Å². The number of anilines is 1. The Morgan fingerprint density at radius 1 is 1.11 bits per heavy atom. The number of carbonyl (C=O) groups is 2. The first kappa shape index (κ1) is 19.5. The molecule has 1 spiro atoms. The summed E-state index contributed by atoms with van der Waals surface area (Å²) in [6.07, 6.45) is 7.04. The van der Waals surface area contributed by atoms with Gasteiger partial charge in [0.25, 0.3) is 0 Å². The lowest BCUT2D eigenvalue weighted by Crippen LogP contribution is -2.50. The fraction of sp³-hybridized carbons (Fsp3) is 0.500. The van der Waals surface area contributed by atoms with Crippen LogP contribution in [0.4, 0.5) is 5.69 Å². The molecule has 7 heteroatoms. The summed E-state index contributed by atoms with van der Waals surface area (Å²) in [6.45, 7) is 4.18. The molecule has 3 rings (SSSR count). The molecule has 0 radical (unpaired) electrons. The summed E-state index contributed by atoms with van der Waals surface area (Å²) < 4.78 is 11.5. The van der Waals surface area contributed by atoms with Crippen LogP contribution in [-0.2, 0) is 14.3 Å². The SMILES string of the molecule is CC1(NCC=CC(=O)Nc2ccc(C(N)=O)cc2)CCC2(CC1)OCCO2. The second-order valence-corrected chi connectivity index (χ2v) is 7.38. The Labute approximate surface area is 159 Å². The average Bonchev–Trinajstić information content (AvgIpc) is 3.11. The molecule has 0 aromatic heterocycles. The fourth-order valence-corrected chi connectivity index (χ4v) is 3.52. The maximum atomic E-state index is 12.0. The Morgan fingerprint density at radius 2 is 1.74 bits per heavy atom. The van der Waals surface area contributed by atoms with E-state index in [1.807, 2.05) is 6.08 Å². The molecule has 0 unspecified atom stereocenters. The lowest BCUT2D eigenvalue weighted by molar-refractivity contribution is -0.185. The summed E-state index contributed by atoms with van der Waals surface area (Å²) in [6, 6.07) is 6.46. The van der Waals surface area contributed by atoms with E-state index in [4.69, 9.17) is 15.2 Å². The molecule has 2 aliphatic rings. The molecule has 4 N–H and O–H groups in total. The van der Waals surface area contributed by atoms with E-state index in [1.54, 1.807) is 24.3 Å². The van der Waals surface area contributed by atoms with Crippen LogP contribution in [0.3, 0.4) is 0 Å². The summed E-state index contributed by atoms with van der Waals surface area (Å²) >= 11 is 0. The molecular weight excluding hydrogens is 346 g/mol. The van der Waals surface area contributed by atoms with Crippen LogP contribution < -0.4 is 16.4 Å². The molecule has 2 fully saturated rings. The zero-order valence-electron chi connectivity index (χ0n) is 15.6. The summed E-state index contributed by atoms with van der Waals surface area (Å²) in [4.78, 5) is 23.0. The van der Waals surface area contributed by atoms with E-state index in [9.17, 15) is 9.59 Å². The van der Waals surface area contributed by atoms with Crippen molar-refractivity contribution < 1.29 is 19.1 Å². The van der Waals surface area contributed by atoms with Gasteiger partial charge in [0.15, 0.2) is 5.79 Å². The molecule has 1 aliphatic heterocycles. The third-order valence-corrected chi connectivity index (χ3v) is 5.28. The third kappa shape index (κ3) is 5.15. The quantitative estimate of drug-likeness (QED) is 0.662. The van der Waals surface area contributed by atoms with Crippen LogP contribution in [0.15, 0.2) is 36.4 Å². The van der Waals surface area contributed by atoms with Crippen molar-refractivity contribution in [3.63, 3.8) is 0 Å². The van der Waals surface area contributed by atoms with Crippen LogP contribution in [-0.4, -0.2) is 42.9 Å². The first-order valence-electron chi connectivity index (χ1n) is 9.30. The minimum atomic E-state index is -0.493. The van der Waals surface area contributed by atoms with Crippen molar-refractivity contribution in [3.05, 3.63) is 42.0 Å². The highest BCUT2D eigenvalue weighted by Crippen LogP contribution is 2.39. The number of primary amides is 1. The van der Waals surface area contributed by atoms with Gasteiger partial charge in [0.05, 0.1) is 13.2 Å². The molecule has 2 amide bonds. The molecule has 0 atom stereocenters. The molecule has 7 nitrogen and oxygen atoms in total. The summed E-state index contributed by atoms with van der Waals surface area (Å²) in [5.74, 6) is -1.07. The van der Waals surface area contributed by atoms with Gasteiger partial charge in [0.1, 0.15) is 0 Å². The molecule has 1 aromatic rings. The van der Waals surface area contributed by atoms with Crippen molar-refractivity contribution in [2.75, 3.05) is 25.1 Å². The second-order valence-electron chi connectivity index (χ2n) is 7.38. The van der Waals surface area contributed by atoms with Gasteiger partial charge in [-0.3, -0.25) is 9.59 Å². The van der Waals surface area contributed by atoms with Gasteiger partial charge in [-0.05, 0) is 44.0 Å². The molecular formula is C20H27N3O4. The van der Waals surface area contributed by atoms with Gasteiger partial charge in [0, 0.05) is 42.3 Å². The zero-order chi connectivity index (χ0) is 19.3. The first-order valence-corrected chi connectivity index (χ1v) is 9.30. The first-order chi connectivity index (χ1) is 12.9. The smallest absolute Gasteiger partial charge is 0.248 e. The minimum Gasteiger partial charge on any atom is -0.366 e. The summed E-state index contributed by atoms with van der Waals surface area (Å²) in [5.41, 5.74) is 6.23. The Bertz CT molecular complexity index is 698. The number of hydrogen-bond acceptors (Lipinski definition) is 5. The molecule has 27 heavy (non-hydrogen) atoms. The normalized spacial score (nSPS) is 20.8. The topological polar surface area (TPSA) is 103 Å². The highest BCUT2D eigenvalue weighted by molar-refractivity contribution is 6.00. The predicted octanol–water partition coefficient (Wildman–Crippen LogP) is 1.95. The molecule has 1 heterocycles. The van der Waals surface area contributed by atoms with E-state index in [2.05, 4.69) is 17.6 Å². The average molecular weight is 373 g/mol. The molecule has 1 saturated heterocycles. The number of ether oxygens (including phenoxy) is 2. The molecule has 146 valence electrons. The maximum absolute atomic E-state index is 12.0. The molecule has 1 saturated carbocycles. The van der Waals surface area contributed by atoms with E-state index < -0.39 is 5.91 Å². The highest BCUT2D eigenvalue weighted by Gasteiger charge is 2.43. The van der Waals surface area contributed by atoms with E-state index in [0.717, 1.165) is 25.7 Å². The van der Waals surface area contributed by atoms with Crippen LogP contribution in [0.2, 0.25) is 0 Å². The Kier molecular flexibility index (Phi) is 5.94. The van der Waals surface area contributed by atoms with Gasteiger partial charge >= 0.3 is 0 Å². The monoisotopic (exact) mass is 373 g/mol. The second kappa shape index (κ2) is 8.21. The number of rotatable bonds is 6. The fourth-order valence-electron chi connectivity index (χ4n) is 3.52. The van der Waals surface area contributed by atoms with Crippen molar-refractivity contribution in [2.45, 2.75) is 43.9 Å². The van der Waals surface area contributed by atoms with E-state index >= 15 is 0 Å². The predicted molar refractivity (Wildman–Crippen MR) is 102 cm³/mol. The van der Waals surface area contributed by atoms with Crippen LogP contribution in [0.5, 0.6) is 0 Å². The van der Waals surface area contributed by atoms with Crippen molar-refractivity contribution in [1.29, 1.82) is 0 Å². The molecule has 1 aliphatic carbocycles. The van der Waals surface area contributed by atoms with Gasteiger partial charge in [-0.2, -0.15) is 0 Å². The van der Waals surface area contributed by atoms with Gasteiger partial charge in [-0.25, -0.2) is 0 Å². The maximum Gasteiger partial charge on any atom is 0.248 e. The largest absolute Gasteiger partial charge is 0.366 e. The van der Waals surface area contributed by atoms with E-state index in [-0.39, 0.29) is 17.2 Å². The van der Waals surface area contributed by atoms with Crippen LogP contribution in [0, 0.1) is 0 Å². The Hall–Kier alpha value is -2.22. The highest BCUT2D eigenvalue weighted by atomic mass is 16.7. The third-order valence-electron chi connectivity index (χ3n) is 5.28. The number of carbonyl (C=O) groups excluding carboxylic acids is 2. The van der Waals surface area contributed by atoms with Crippen LogP contribution >= 0.6 is 0 Å². The van der Waals surface area contributed by atoms with Gasteiger partial charge in [-0.1, -0.05) is 6.08 Å². The summed E-state index contributed by atoms with van der Waals surface area (Å²) in [7, 11) is 0. The number of benzene rings is 1.